The lowest BCUT2D eigenvalue weighted by Crippen LogP contribution is -2.24. The number of rotatable bonds is 1. The van der Waals surface area contributed by atoms with E-state index >= 15 is 0 Å². The second-order valence-corrected chi connectivity index (χ2v) is 5.31. The molecule has 0 spiro atoms. The van der Waals surface area contributed by atoms with Crippen molar-refractivity contribution in [1.82, 2.24) is 9.78 Å². The lowest BCUT2D eigenvalue weighted by molar-refractivity contribution is 0.266. The van der Waals surface area contributed by atoms with E-state index in [0.29, 0.717) is 0 Å². The molecule has 0 aromatic carbocycles. The predicted molar refractivity (Wildman–Crippen MR) is 66.0 cm³/mol. The Kier molecular flexibility index (Phi) is 3.34. The van der Waals surface area contributed by atoms with Gasteiger partial charge in [-0.05, 0) is 42.6 Å². The van der Waals surface area contributed by atoms with Gasteiger partial charge in [-0.15, -0.1) is 0 Å². The number of hydrogen-bond acceptors (Lipinski definition) is 2. The predicted octanol–water partition coefficient (Wildman–Crippen LogP) is 3.52. The second kappa shape index (κ2) is 4.58. The van der Waals surface area contributed by atoms with Gasteiger partial charge in [-0.1, -0.05) is 12.8 Å². The first kappa shape index (κ1) is 11.7. The molecule has 4 heteroatoms. The van der Waals surface area contributed by atoms with Crippen LogP contribution in [0.3, 0.4) is 0 Å². The number of aryl methyl sites for hydroxylation is 1. The van der Waals surface area contributed by atoms with Crippen LogP contribution in [0.4, 0.5) is 0 Å². The van der Waals surface area contributed by atoms with Gasteiger partial charge in [0.05, 0.1) is 33.9 Å². The van der Waals surface area contributed by atoms with E-state index in [1.165, 1.54) is 12.8 Å². The summed E-state index contributed by atoms with van der Waals surface area (Å²) in [5.74, 6) is 0.124. The van der Waals surface area contributed by atoms with Gasteiger partial charge in [-0.25, -0.2) is 0 Å². The van der Waals surface area contributed by atoms with Crippen molar-refractivity contribution in [1.29, 1.82) is 5.26 Å². The molecule has 0 radical (unpaired) electrons. The van der Waals surface area contributed by atoms with Gasteiger partial charge >= 0.3 is 0 Å². The number of aromatic nitrogens is 2. The normalized spacial score (nSPS) is 25.4. The average Bonchev–Trinajstić information content (AvgIpc) is 2.57. The maximum atomic E-state index is 9.19. The highest BCUT2D eigenvalue weighted by Gasteiger charge is 2.28. The molecule has 2 rings (SSSR count). The zero-order valence-electron chi connectivity index (χ0n) is 9.70. The van der Waals surface area contributed by atoms with E-state index in [0.717, 1.165) is 28.7 Å². The third kappa shape index (κ3) is 1.89. The third-order valence-electron chi connectivity index (χ3n) is 3.45. The Bertz CT molecular complexity index is 430. The second-order valence-electron chi connectivity index (χ2n) is 4.52. The molecule has 1 aromatic rings. The van der Waals surface area contributed by atoms with Gasteiger partial charge in [0, 0.05) is 0 Å². The van der Waals surface area contributed by atoms with Crippen molar-refractivity contribution >= 4 is 15.9 Å². The van der Waals surface area contributed by atoms with Crippen LogP contribution in [0.1, 0.15) is 43.1 Å². The molecule has 0 N–H and O–H groups in total. The molecule has 1 aliphatic carbocycles. The maximum absolute atomic E-state index is 9.19. The summed E-state index contributed by atoms with van der Waals surface area (Å²) in [4.78, 5) is 0. The SMILES string of the molecule is Cc1nn(C2CCCCC2C#N)c(C)c1Br. The van der Waals surface area contributed by atoms with Crippen molar-refractivity contribution in [3.05, 3.63) is 15.9 Å². The van der Waals surface area contributed by atoms with Crippen LogP contribution in [0.5, 0.6) is 0 Å². The first-order chi connectivity index (χ1) is 7.65. The Morgan fingerprint density at radius 1 is 1.38 bits per heavy atom. The zero-order chi connectivity index (χ0) is 11.7. The van der Waals surface area contributed by atoms with Crippen LogP contribution in [0.2, 0.25) is 0 Å². The van der Waals surface area contributed by atoms with Gasteiger partial charge in [-0.2, -0.15) is 10.4 Å². The Balaban J connectivity index is 2.35. The molecule has 2 unspecified atom stereocenters. The van der Waals surface area contributed by atoms with Gasteiger partial charge < -0.3 is 0 Å². The summed E-state index contributed by atoms with van der Waals surface area (Å²) in [6.45, 7) is 4.06. The van der Waals surface area contributed by atoms with E-state index in [-0.39, 0.29) is 12.0 Å². The molecule has 0 aliphatic heterocycles. The minimum atomic E-state index is 0.124. The van der Waals surface area contributed by atoms with Crippen LogP contribution in [0.15, 0.2) is 4.47 Å². The van der Waals surface area contributed by atoms with Gasteiger partial charge in [0.25, 0.3) is 0 Å². The minimum Gasteiger partial charge on any atom is -0.264 e. The summed E-state index contributed by atoms with van der Waals surface area (Å²) in [6, 6.07) is 2.70. The van der Waals surface area contributed by atoms with Gasteiger partial charge in [-0.3, -0.25) is 4.68 Å². The van der Waals surface area contributed by atoms with Crippen molar-refractivity contribution in [3.63, 3.8) is 0 Å². The lowest BCUT2D eigenvalue weighted by Gasteiger charge is -2.27. The molecule has 3 nitrogen and oxygen atoms in total. The molecule has 1 aromatic heterocycles. The summed E-state index contributed by atoms with van der Waals surface area (Å²) in [5.41, 5.74) is 2.16. The summed E-state index contributed by atoms with van der Waals surface area (Å²) in [6.07, 6.45) is 4.47. The molecular formula is C12H16BrN3. The van der Waals surface area contributed by atoms with Crippen molar-refractivity contribution < 1.29 is 0 Å². The number of nitrogens with zero attached hydrogens (tertiary/aromatic N) is 3. The highest BCUT2D eigenvalue weighted by Crippen LogP contribution is 2.35. The van der Waals surface area contributed by atoms with Crippen LogP contribution in [-0.2, 0) is 0 Å². The van der Waals surface area contributed by atoms with Crippen molar-refractivity contribution in [3.8, 4) is 6.07 Å². The minimum absolute atomic E-state index is 0.124. The fourth-order valence-electron chi connectivity index (χ4n) is 2.52. The molecule has 1 saturated carbocycles. The van der Waals surface area contributed by atoms with Crippen molar-refractivity contribution in [2.45, 2.75) is 45.6 Å². The van der Waals surface area contributed by atoms with Gasteiger partial charge in [0.15, 0.2) is 0 Å². The van der Waals surface area contributed by atoms with Crippen LogP contribution < -0.4 is 0 Å². The highest BCUT2D eigenvalue weighted by molar-refractivity contribution is 9.10. The molecule has 86 valence electrons. The quantitative estimate of drug-likeness (QED) is 0.790. The highest BCUT2D eigenvalue weighted by atomic mass is 79.9. The summed E-state index contributed by atoms with van der Waals surface area (Å²) >= 11 is 3.54. The molecule has 1 fully saturated rings. The molecule has 0 amide bonds. The van der Waals surface area contributed by atoms with Crippen molar-refractivity contribution in [2.75, 3.05) is 0 Å². The number of halogens is 1. The van der Waals surface area contributed by atoms with E-state index < -0.39 is 0 Å². The van der Waals surface area contributed by atoms with Crippen LogP contribution in [0.25, 0.3) is 0 Å². The smallest absolute Gasteiger partial charge is 0.0738 e. The first-order valence-electron chi connectivity index (χ1n) is 5.76. The zero-order valence-corrected chi connectivity index (χ0v) is 11.3. The third-order valence-corrected chi connectivity index (χ3v) is 4.59. The van der Waals surface area contributed by atoms with Crippen LogP contribution in [0, 0.1) is 31.1 Å². The standard InChI is InChI=1S/C12H16BrN3/c1-8-12(13)9(2)16(15-8)11-6-4-3-5-10(11)7-14/h10-11H,3-6H2,1-2H3. The fraction of sp³-hybridized carbons (Fsp3) is 0.667. The van der Waals surface area contributed by atoms with E-state index in [1.54, 1.807) is 0 Å². The Morgan fingerprint density at radius 3 is 2.62 bits per heavy atom. The topological polar surface area (TPSA) is 41.6 Å². The Labute approximate surface area is 105 Å². The van der Waals surface area contributed by atoms with Crippen LogP contribution >= 0.6 is 15.9 Å². The summed E-state index contributed by atoms with van der Waals surface area (Å²) < 4.78 is 3.13. The molecule has 16 heavy (non-hydrogen) atoms. The average molecular weight is 282 g/mol. The van der Waals surface area contributed by atoms with E-state index in [1.807, 2.05) is 11.6 Å². The van der Waals surface area contributed by atoms with Crippen LogP contribution in [-0.4, -0.2) is 9.78 Å². The molecule has 2 atom stereocenters. The Hall–Kier alpha value is -0.820. The summed E-state index contributed by atoms with van der Waals surface area (Å²) in [5, 5.41) is 13.7. The summed E-state index contributed by atoms with van der Waals surface area (Å²) in [7, 11) is 0. The van der Waals surface area contributed by atoms with Gasteiger partial charge in [0.1, 0.15) is 0 Å². The van der Waals surface area contributed by atoms with Crippen molar-refractivity contribution in [2.24, 2.45) is 5.92 Å². The molecule has 1 aliphatic rings. The first-order valence-corrected chi connectivity index (χ1v) is 6.55. The molecular weight excluding hydrogens is 266 g/mol. The maximum Gasteiger partial charge on any atom is 0.0738 e. The van der Waals surface area contributed by atoms with E-state index in [4.69, 9.17) is 0 Å². The van der Waals surface area contributed by atoms with Gasteiger partial charge in [0.2, 0.25) is 0 Å². The molecule has 0 bridgehead atoms. The van der Waals surface area contributed by atoms with E-state index in [9.17, 15) is 5.26 Å². The molecule has 0 saturated heterocycles. The molecule has 1 heterocycles. The Morgan fingerprint density at radius 2 is 2.06 bits per heavy atom. The monoisotopic (exact) mass is 281 g/mol. The largest absolute Gasteiger partial charge is 0.264 e. The fourth-order valence-corrected chi connectivity index (χ4v) is 2.78. The lowest BCUT2D eigenvalue weighted by atomic mass is 9.85. The van der Waals surface area contributed by atoms with E-state index in [2.05, 4.69) is 34.0 Å². The number of hydrogen-bond donors (Lipinski definition) is 0. The number of nitriles is 1.